The number of nitrogens with one attached hydrogen (secondary N) is 2. The van der Waals surface area contributed by atoms with Crippen LogP contribution in [0.2, 0.25) is 0 Å². The van der Waals surface area contributed by atoms with E-state index in [0.29, 0.717) is 31.4 Å². The molecule has 28 heavy (non-hydrogen) atoms. The van der Waals surface area contributed by atoms with Gasteiger partial charge in [-0.3, -0.25) is 0 Å². The number of hydrogen-bond donors (Lipinski definition) is 3. The SMILES string of the molecule is COCCNC(=NCc1nnc(C)n1C)NCC(C)(O)c1cc(C)oc1C.I. The Morgan fingerprint density at radius 2 is 2.04 bits per heavy atom. The van der Waals surface area contributed by atoms with E-state index in [0.717, 1.165) is 23.0 Å². The van der Waals surface area contributed by atoms with Crippen molar-refractivity contribution in [1.29, 1.82) is 0 Å². The fourth-order valence-corrected chi connectivity index (χ4v) is 2.70. The van der Waals surface area contributed by atoms with Crippen LogP contribution in [0.5, 0.6) is 0 Å². The summed E-state index contributed by atoms with van der Waals surface area (Å²) in [6, 6.07) is 1.86. The molecule has 0 aliphatic heterocycles. The van der Waals surface area contributed by atoms with Crippen molar-refractivity contribution >= 4 is 29.9 Å². The number of aliphatic hydroxyl groups is 1. The summed E-state index contributed by atoms with van der Waals surface area (Å²) >= 11 is 0. The van der Waals surface area contributed by atoms with E-state index in [1.165, 1.54) is 0 Å². The fourth-order valence-electron chi connectivity index (χ4n) is 2.70. The minimum absolute atomic E-state index is 0. The van der Waals surface area contributed by atoms with E-state index in [-0.39, 0.29) is 30.5 Å². The van der Waals surface area contributed by atoms with Crippen LogP contribution in [0.4, 0.5) is 0 Å². The van der Waals surface area contributed by atoms with Gasteiger partial charge in [0.25, 0.3) is 0 Å². The predicted molar refractivity (Wildman–Crippen MR) is 118 cm³/mol. The summed E-state index contributed by atoms with van der Waals surface area (Å²) in [5.74, 6) is 3.63. The van der Waals surface area contributed by atoms with Gasteiger partial charge < -0.3 is 29.5 Å². The van der Waals surface area contributed by atoms with Crippen molar-refractivity contribution in [3.63, 3.8) is 0 Å². The van der Waals surface area contributed by atoms with Crippen LogP contribution >= 0.6 is 24.0 Å². The summed E-state index contributed by atoms with van der Waals surface area (Å²) in [6.07, 6.45) is 0. The van der Waals surface area contributed by atoms with E-state index in [1.54, 1.807) is 14.0 Å². The largest absolute Gasteiger partial charge is 0.466 e. The molecule has 0 bridgehead atoms. The van der Waals surface area contributed by atoms with Gasteiger partial charge in [0.05, 0.1) is 13.2 Å². The first-order chi connectivity index (χ1) is 12.7. The molecule has 2 heterocycles. The summed E-state index contributed by atoms with van der Waals surface area (Å²) in [7, 11) is 3.55. The van der Waals surface area contributed by atoms with Crippen LogP contribution in [0.1, 0.15) is 35.7 Å². The monoisotopic (exact) mass is 506 g/mol. The van der Waals surface area contributed by atoms with Crippen LogP contribution in [0.3, 0.4) is 0 Å². The number of hydrogen-bond acceptors (Lipinski definition) is 6. The summed E-state index contributed by atoms with van der Waals surface area (Å²) in [4.78, 5) is 4.55. The zero-order chi connectivity index (χ0) is 20.0. The van der Waals surface area contributed by atoms with Crippen LogP contribution in [0.25, 0.3) is 0 Å². The van der Waals surface area contributed by atoms with Crippen LogP contribution < -0.4 is 10.6 Å². The smallest absolute Gasteiger partial charge is 0.191 e. The minimum atomic E-state index is -1.10. The second kappa shape index (κ2) is 10.8. The third kappa shape index (κ3) is 6.45. The maximum atomic E-state index is 10.9. The van der Waals surface area contributed by atoms with Crippen molar-refractivity contribution in [3.8, 4) is 0 Å². The molecule has 2 aromatic heterocycles. The number of aromatic nitrogens is 3. The molecule has 0 amide bonds. The van der Waals surface area contributed by atoms with E-state index < -0.39 is 5.60 Å². The number of halogens is 1. The number of methoxy groups -OCH3 is 1. The quantitative estimate of drug-likeness (QED) is 0.216. The normalized spacial score (nSPS) is 13.8. The van der Waals surface area contributed by atoms with E-state index >= 15 is 0 Å². The third-order valence-electron chi connectivity index (χ3n) is 4.38. The molecule has 10 heteroatoms. The Kier molecular flexibility index (Phi) is 9.37. The second-order valence-corrected chi connectivity index (χ2v) is 6.76. The summed E-state index contributed by atoms with van der Waals surface area (Å²) in [5.41, 5.74) is -0.347. The Labute approximate surface area is 183 Å². The molecular formula is C18H31IN6O3. The number of guanidine groups is 1. The molecule has 9 nitrogen and oxygen atoms in total. The molecule has 0 aliphatic rings. The minimum Gasteiger partial charge on any atom is -0.466 e. The first-order valence-electron chi connectivity index (χ1n) is 8.90. The van der Waals surface area contributed by atoms with Gasteiger partial charge in [-0.1, -0.05) is 0 Å². The highest BCUT2D eigenvalue weighted by Gasteiger charge is 2.28. The lowest BCUT2D eigenvalue weighted by Gasteiger charge is -2.24. The van der Waals surface area contributed by atoms with Gasteiger partial charge in [-0.2, -0.15) is 0 Å². The fraction of sp³-hybridized carbons (Fsp3) is 0.611. The Hall–Kier alpha value is -1.66. The summed E-state index contributed by atoms with van der Waals surface area (Å²) in [5, 5.41) is 25.4. The van der Waals surface area contributed by atoms with Gasteiger partial charge in [0, 0.05) is 26.3 Å². The van der Waals surface area contributed by atoms with Gasteiger partial charge in [-0.15, -0.1) is 34.2 Å². The summed E-state index contributed by atoms with van der Waals surface area (Å²) < 4.78 is 12.5. The molecule has 2 aromatic rings. The average molecular weight is 506 g/mol. The average Bonchev–Trinajstić information content (AvgIpc) is 3.12. The number of furan rings is 1. The summed E-state index contributed by atoms with van der Waals surface area (Å²) in [6.45, 7) is 9.11. The lowest BCUT2D eigenvalue weighted by Crippen LogP contribution is -2.45. The molecule has 3 N–H and O–H groups in total. The van der Waals surface area contributed by atoms with Crippen molar-refractivity contribution in [2.75, 3.05) is 26.8 Å². The number of rotatable bonds is 8. The molecule has 2 rings (SSSR count). The molecule has 0 aromatic carbocycles. The standard InChI is InChI=1S/C18H30N6O3.HI/c1-12-9-15(13(2)27-12)18(4,25)11-21-17(19-7-8-26-6)20-10-16-23-22-14(3)24(16)5;/h9,25H,7-8,10-11H2,1-6H3,(H2,19,20,21);1H. The molecule has 1 atom stereocenters. The zero-order valence-corrected chi connectivity index (χ0v) is 19.7. The number of aliphatic imine (C=N–C) groups is 1. The predicted octanol–water partition coefficient (Wildman–Crippen LogP) is 1.54. The lowest BCUT2D eigenvalue weighted by molar-refractivity contribution is 0.0601. The lowest BCUT2D eigenvalue weighted by atomic mass is 9.96. The molecule has 0 fully saturated rings. The Morgan fingerprint density at radius 3 is 2.57 bits per heavy atom. The topological polar surface area (TPSA) is 110 Å². The van der Waals surface area contributed by atoms with Crippen molar-refractivity contribution in [2.24, 2.45) is 12.0 Å². The molecular weight excluding hydrogens is 475 g/mol. The van der Waals surface area contributed by atoms with Gasteiger partial charge in [0.2, 0.25) is 0 Å². The number of aryl methyl sites for hydroxylation is 3. The van der Waals surface area contributed by atoms with Crippen LogP contribution in [-0.2, 0) is 23.9 Å². The van der Waals surface area contributed by atoms with Gasteiger partial charge in [-0.05, 0) is 33.8 Å². The van der Waals surface area contributed by atoms with E-state index in [2.05, 4.69) is 25.8 Å². The van der Waals surface area contributed by atoms with Crippen LogP contribution in [0, 0.1) is 20.8 Å². The highest BCUT2D eigenvalue weighted by atomic mass is 127. The van der Waals surface area contributed by atoms with Crippen LogP contribution in [-0.4, -0.2) is 52.6 Å². The zero-order valence-electron chi connectivity index (χ0n) is 17.4. The molecule has 0 spiro atoms. The first kappa shape index (κ1) is 24.4. The number of ether oxygens (including phenoxy) is 1. The maximum Gasteiger partial charge on any atom is 0.191 e. The Bertz CT molecular complexity index is 784. The highest BCUT2D eigenvalue weighted by molar-refractivity contribution is 14.0. The Morgan fingerprint density at radius 1 is 1.32 bits per heavy atom. The second-order valence-electron chi connectivity index (χ2n) is 6.76. The maximum absolute atomic E-state index is 10.9. The van der Waals surface area contributed by atoms with Gasteiger partial charge in [0.15, 0.2) is 11.8 Å². The van der Waals surface area contributed by atoms with E-state index in [9.17, 15) is 5.11 Å². The molecule has 1 unspecified atom stereocenters. The van der Waals surface area contributed by atoms with Gasteiger partial charge >= 0.3 is 0 Å². The third-order valence-corrected chi connectivity index (χ3v) is 4.38. The van der Waals surface area contributed by atoms with Gasteiger partial charge in [-0.25, -0.2) is 4.99 Å². The molecule has 0 saturated carbocycles. The Balaban J connectivity index is 0.00000392. The molecule has 0 radical (unpaired) electrons. The first-order valence-corrected chi connectivity index (χ1v) is 8.90. The van der Waals surface area contributed by atoms with Crippen molar-refractivity contribution in [1.82, 2.24) is 25.4 Å². The van der Waals surface area contributed by atoms with Crippen LogP contribution in [0.15, 0.2) is 15.5 Å². The molecule has 0 aliphatic carbocycles. The highest BCUT2D eigenvalue weighted by Crippen LogP contribution is 2.26. The van der Waals surface area contributed by atoms with E-state index in [4.69, 9.17) is 9.15 Å². The number of nitrogens with zero attached hydrogens (tertiary/aromatic N) is 4. The van der Waals surface area contributed by atoms with Gasteiger partial charge in [0.1, 0.15) is 29.5 Å². The molecule has 158 valence electrons. The van der Waals surface area contributed by atoms with Crippen molar-refractivity contribution < 1.29 is 14.3 Å². The van der Waals surface area contributed by atoms with Crippen molar-refractivity contribution in [2.45, 2.75) is 39.8 Å². The van der Waals surface area contributed by atoms with Crippen molar-refractivity contribution in [3.05, 3.63) is 34.8 Å². The molecule has 0 saturated heterocycles. The van der Waals surface area contributed by atoms with E-state index in [1.807, 2.05) is 38.5 Å².